The number of carbonyl (C=O) groups is 2. The highest BCUT2D eigenvalue weighted by atomic mass is 35.5. The van der Waals surface area contributed by atoms with Crippen molar-refractivity contribution in [1.82, 2.24) is 0 Å². The molecular formula is C20H22ClNO3S. The van der Waals surface area contributed by atoms with E-state index in [9.17, 15) is 9.59 Å². The Bertz CT molecular complexity index is 840. The minimum absolute atomic E-state index is 0.226. The van der Waals surface area contributed by atoms with E-state index in [1.807, 2.05) is 32.0 Å². The summed E-state index contributed by atoms with van der Waals surface area (Å²) >= 11 is 7.47. The molecule has 1 aromatic carbocycles. The van der Waals surface area contributed by atoms with Crippen molar-refractivity contribution in [3.05, 3.63) is 56.9 Å². The maximum atomic E-state index is 12.5. The topological polar surface area (TPSA) is 55.4 Å². The molecule has 0 saturated carbocycles. The fraction of sp³-hybridized carbons (Fsp3) is 0.300. The molecule has 0 fully saturated rings. The Kier molecular flexibility index (Phi) is 7.00. The Morgan fingerprint density at radius 2 is 2.00 bits per heavy atom. The van der Waals surface area contributed by atoms with E-state index in [-0.39, 0.29) is 12.0 Å². The van der Waals surface area contributed by atoms with Crippen molar-refractivity contribution in [2.75, 3.05) is 5.32 Å². The minimum Gasteiger partial charge on any atom is -0.459 e. The van der Waals surface area contributed by atoms with Gasteiger partial charge in [-0.2, -0.15) is 0 Å². The van der Waals surface area contributed by atoms with Gasteiger partial charge in [-0.15, -0.1) is 11.3 Å². The molecule has 26 heavy (non-hydrogen) atoms. The van der Waals surface area contributed by atoms with Gasteiger partial charge in [0.2, 0.25) is 5.91 Å². The standard InChI is InChI=1S/C20H22ClNO3S/c1-5-15-13(4)26-19(18(15)20(24)25-12(2)3)22-17(23)11-10-14-8-6-7-9-16(14)21/h6-12H,5H2,1-4H3,(H,22,23)/b11-10+. The number of carbonyl (C=O) groups excluding carboxylic acids is 2. The average molecular weight is 392 g/mol. The molecule has 1 aromatic heterocycles. The number of rotatable bonds is 6. The van der Waals surface area contributed by atoms with Crippen LogP contribution in [0.25, 0.3) is 6.08 Å². The van der Waals surface area contributed by atoms with Crippen LogP contribution in [0.4, 0.5) is 5.00 Å². The monoisotopic (exact) mass is 391 g/mol. The number of hydrogen-bond acceptors (Lipinski definition) is 4. The maximum absolute atomic E-state index is 12.5. The summed E-state index contributed by atoms with van der Waals surface area (Å²) in [6.07, 6.45) is 3.51. The molecule has 2 aromatic rings. The molecule has 0 saturated heterocycles. The zero-order valence-electron chi connectivity index (χ0n) is 15.3. The van der Waals surface area contributed by atoms with Crippen molar-refractivity contribution in [3.63, 3.8) is 0 Å². The third kappa shape index (κ3) is 4.96. The van der Waals surface area contributed by atoms with Crippen LogP contribution in [0.3, 0.4) is 0 Å². The van der Waals surface area contributed by atoms with Crippen LogP contribution >= 0.6 is 22.9 Å². The fourth-order valence-corrected chi connectivity index (χ4v) is 3.85. The lowest BCUT2D eigenvalue weighted by Gasteiger charge is -2.10. The lowest BCUT2D eigenvalue weighted by Crippen LogP contribution is -2.16. The molecule has 1 heterocycles. The van der Waals surface area contributed by atoms with Crippen LogP contribution in [0.2, 0.25) is 5.02 Å². The Labute approximate surface area is 162 Å². The van der Waals surface area contributed by atoms with E-state index in [1.54, 1.807) is 26.0 Å². The lowest BCUT2D eigenvalue weighted by atomic mass is 10.1. The summed E-state index contributed by atoms with van der Waals surface area (Å²) in [5.41, 5.74) is 2.11. The molecule has 2 rings (SSSR count). The van der Waals surface area contributed by atoms with Gasteiger partial charge in [0.25, 0.3) is 0 Å². The highest BCUT2D eigenvalue weighted by Gasteiger charge is 2.23. The highest BCUT2D eigenvalue weighted by molar-refractivity contribution is 7.16. The molecule has 0 atom stereocenters. The molecular weight excluding hydrogens is 370 g/mol. The predicted octanol–water partition coefficient (Wildman–Crippen LogP) is 5.49. The van der Waals surface area contributed by atoms with Gasteiger partial charge in [0.15, 0.2) is 0 Å². The summed E-state index contributed by atoms with van der Waals surface area (Å²) in [6.45, 7) is 7.51. The number of esters is 1. The second kappa shape index (κ2) is 9.01. The maximum Gasteiger partial charge on any atom is 0.341 e. The van der Waals surface area contributed by atoms with E-state index in [2.05, 4.69) is 5.32 Å². The molecule has 1 N–H and O–H groups in total. The third-order valence-corrected chi connectivity index (χ3v) is 5.07. The molecule has 0 bridgehead atoms. The largest absolute Gasteiger partial charge is 0.459 e. The van der Waals surface area contributed by atoms with Gasteiger partial charge >= 0.3 is 5.97 Å². The van der Waals surface area contributed by atoms with Crippen LogP contribution in [0.1, 0.15) is 47.1 Å². The Balaban J connectivity index is 2.24. The number of benzene rings is 1. The van der Waals surface area contributed by atoms with E-state index >= 15 is 0 Å². The van der Waals surface area contributed by atoms with Crippen LogP contribution in [0.5, 0.6) is 0 Å². The second-order valence-electron chi connectivity index (χ2n) is 5.99. The van der Waals surface area contributed by atoms with Crippen molar-refractivity contribution in [2.24, 2.45) is 0 Å². The van der Waals surface area contributed by atoms with Gasteiger partial charge in [-0.05, 0) is 50.5 Å². The molecule has 0 radical (unpaired) electrons. The molecule has 0 aliphatic carbocycles. The van der Waals surface area contributed by atoms with Gasteiger partial charge in [-0.3, -0.25) is 4.79 Å². The van der Waals surface area contributed by atoms with Crippen molar-refractivity contribution in [2.45, 2.75) is 40.2 Å². The third-order valence-electron chi connectivity index (χ3n) is 3.67. The number of ether oxygens (including phenoxy) is 1. The number of halogens is 1. The van der Waals surface area contributed by atoms with Crippen LogP contribution in [-0.2, 0) is 16.0 Å². The zero-order chi connectivity index (χ0) is 19.3. The lowest BCUT2D eigenvalue weighted by molar-refractivity contribution is -0.111. The molecule has 0 aliphatic heterocycles. The normalized spacial score (nSPS) is 11.2. The van der Waals surface area contributed by atoms with E-state index in [4.69, 9.17) is 16.3 Å². The van der Waals surface area contributed by atoms with E-state index in [1.165, 1.54) is 17.4 Å². The van der Waals surface area contributed by atoms with Gasteiger partial charge in [-0.1, -0.05) is 36.7 Å². The SMILES string of the molecule is CCc1c(C)sc(NC(=O)/C=C/c2ccccc2Cl)c1C(=O)OC(C)C. The van der Waals surface area contributed by atoms with Crippen molar-refractivity contribution in [1.29, 1.82) is 0 Å². The molecule has 6 heteroatoms. The van der Waals surface area contributed by atoms with Gasteiger partial charge in [0.1, 0.15) is 5.00 Å². The number of hydrogen-bond donors (Lipinski definition) is 1. The summed E-state index contributed by atoms with van der Waals surface area (Å²) < 4.78 is 5.34. The Morgan fingerprint density at radius 3 is 2.62 bits per heavy atom. The Hall–Kier alpha value is -2.11. The van der Waals surface area contributed by atoms with Crippen LogP contribution in [0, 0.1) is 6.92 Å². The van der Waals surface area contributed by atoms with Crippen LogP contribution in [-0.4, -0.2) is 18.0 Å². The minimum atomic E-state index is -0.411. The van der Waals surface area contributed by atoms with E-state index in [0.29, 0.717) is 22.0 Å². The van der Waals surface area contributed by atoms with Crippen molar-refractivity contribution >= 4 is 45.9 Å². The first-order valence-corrected chi connectivity index (χ1v) is 9.59. The van der Waals surface area contributed by atoms with Gasteiger partial charge in [0, 0.05) is 16.0 Å². The second-order valence-corrected chi connectivity index (χ2v) is 7.62. The summed E-state index contributed by atoms with van der Waals surface area (Å²) in [5, 5.41) is 3.88. The molecule has 0 aliphatic rings. The van der Waals surface area contributed by atoms with Crippen LogP contribution < -0.4 is 5.32 Å². The summed E-state index contributed by atoms with van der Waals surface area (Å²) in [5.74, 6) is -0.737. The van der Waals surface area contributed by atoms with Gasteiger partial charge < -0.3 is 10.1 Å². The highest BCUT2D eigenvalue weighted by Crippen LogP contribution is 2.34. The molecule has 0 unspecified atom stereocenters. The summed E-state index contributed by atoms with van der Waals surface area (Å²) in [4.78, 5) is 25.8. The number of amides is 1. The molecule has 4 nitrogen and oxygen atoms in total. The number of aryl methyl sites for hydroxylation is 1. The summed E-state index contributed by atoms with van der Waals surface area (Å²) in [6, 6.07) is 7.25. The van der Waals surface area contributed by atoms with Crippen LogP contribution in [0.15, 0.2) is 30.3 Å². The van der Waals surface area contributed by atoms with Gasteiger partial charge in [0.05, 0.1) is 11.7 Å². The first-order chi connectivity index (χ1) is 12.3. The first kappa shape index (κ1) is 20.2. The Morgan fingerprint density at radius 1 is 1.31 bits per heavy atom. The molecule has 138 valence electrons. The van der Waals surface area contributed by atoms with E-state index in [0.717, 1.165) is 16.0 Å². The number of nitrogens with one attached hydrogen (secondary N) is 1. The zero-order valence-corrected chi connectivity index (χ0v) is 16.8. The van der Waals surface area contributed by atoms with Gasteiger partial charge in [-0.25, -0.2) is 4.79 Å². The number of anilines is 1. The van der Waals surface area contributed by atoms with Crippen molar-refractivity contribution in [3.8, 4) is 0 Å². The summed E-state index contributed by atoms with van der Waals surface area (Å²) in [7, 11) is 0. The van der Waals surface area contributed by atoms with E-state index < -0.39 is 5.97 Å². The molecule has 0 spiro atoms. The van der Waals surface area contributed by atoms with Crippen molar-refractivity contribution < 1.29 is 14.3 Å². The smallest absolute Gasteiger partial charge is 0.341 e. The number of thiophene rings is 1. The fourth-order valence-electron chi connectivity index (χ4n) is 2.51. The first-order valence-electron chi connectivity index (χ1n) is 8.40. The molecule has 1 amide bonds. The quantitative estimate of drug-likeness (QED) is 0.523. The average Bonchev–Trinajstić information content (AvgIpc) is 2.88. The predicted molar refractivity (Wildman–Crippen MR) is 108 cm³/mol.